The lowest BCUT2D eigenvalue weighted by molar-refractivity contribution is 0.144. The van der Waals surface area contributed by atoms with Gasteiger partial charge in [-0.15, -0.1) is 0 Å². The molecule has 1 N–H and O–H groups in total. The molecular weight excluding hydrogens is 298 g/mol. The molecule has 6 heteroatoms. The van der Waals surface area contributed by atoms with Crippen LogP contribution >= 0.6 is 22.6 Å². The molecule has 0 bridgehead atoms. The van der Waals surface area contributed by atoms with Crippen LogP contribution in [-0.4, -0.2) is 10.1 Å². The largest absolute Gasteiger partial charge is 0.392 e. The van der Waals surface area contributed by atoms with Gasteiger partial charge in [0, 0.05) is 5.56 Å². The van der Waals surface area contributed by atoms with Crippen LogP contribution < -0.4 is 0 Å². The van der Waals surface area contributed by atoms with Crippen LogP contribution in [0.1, 0.15) is 17.6 Å². The maximum Gasteiger partial charge on any atom is 0.266 e. The summed E-state index contributed by atoms with van der Waals surface area (Å²) in [4.78, 5) is 3.43. The van der Waals surface area contributed by atoms with E-state index in [1.165, 1.54) is 0 Å². The molecule has 13 heavy (non-hydrogen) atoms. The van der Waals surface area contributed by atoms with Gasteiger partial charge < -0.3 is 5.11 Å². The van der Waals surface area contributed by atoms with E-state index in [0.717, 1.165) is 6.20 Å². The lowest BCUT2D eigenvalue weighted by Crippen LogP contribution is -2.03. The van der Waals surface area contributed by atoms with Crippen LogP contribution in [0.3, 0.4) is 0 Å². The molecule has 0 aliphatic heterocycles. The van der Waals surface area contributed by atoms with Gasteiger partial charge in [0.25, 0.3) is 6.43 Å². The Kier molecular flexibility index (Phi) is 3.48. The van der Waals surface area contributed by atoms with Gasteiger partial charge in [-0.1, -0.05) is 0 Å². The van der Waals surface area contributed by atoms with E-state index in [1.54, 1.807) is 22.6 Å². The lowest BCUT2D eigenvalue weighted by atomic mass is 10.1. The zero-order chi connectivity index (χ0) is 10.0. The number of rotatable bonds is 2. The molecule has 0 aliphatic rings. The van der Waals surface area contributed by atoms with E-state index in [9.17, 15) is 13.2 Å². The quantitative estimate of drug-likeness (QED) is 0.671. The van der Waals surface area contributed by atoms with Gasteiger partial charge in [0.2, 0.25) is 0 Å². The van der Waals surface area contributed by atoms with Crippen molar-refractivity contribution in [3.63, 3.8) is 0 Å². The number of hydrogen-bond acceptors (Lipinski definition) is 2. The highest BCUT2D eigenvalue weighted by molar-refractivity contribution is 14.1. The van der Waals surface area contributed by atoms with E-state index < -0.39 is 24.4 Å². The summed E-state index contributed by atoms with van der Waals surface area (Å²) in [5.74, 6) is -0.904. The molecule has 0 aromatic carbocycles. The molecular formula is C7H5F3INO. The first-order chi connectivity index (χ1) is 6.07. The average molecular weight is 303 g/mol. The minimum atomic E-state index is -2.82. The van der Waals surface area contributed by atoms with Crippen molar-refractivity contribution in [2.45, 2.75) is 13.0 Å². The summed E-state index contributed by atoms with van der Waals surface area (Å²) >= 11 is 1.57. The molecule has 0 aliphatic carbocycles. The summed E-state index contributed by atoms with van der Waals surface area (Å²) in [5, 5.41) is 8.67. The Morgan fingerprint density at radius 1 is 1.54 bits per heavy atom. The first kappa shape index (κ1) is 10.7. The molecule has 0 saturated heterocycles. The third-order valence-corrected chi connectivity index (χ3v) is 2.36. The van der Waals surface area contributed by atoms with Crippen molar-refractivity contribution in [2.24, 2.45) is 0 Å². The van der Waals surface area contributed by atoms with E-state index in [2.05, 4.69) is 4.98 Å². The summed E-state index contributed by atoms with van der Waals surface area (Å²) in [5.41, 5.74) is -0.905. The van der Waals surface area contributed by atoms with Gasteiger partial charge in [0.05, 0.1) is 18.4 Å². The Bertz CT molecular complexity index is 319. The number of hydrogen-bond donors (Lipinski definition) is 1. The predicted molar refractivity (Wildman–Crippen MR) is 47.8 cm³/mol. The maximum atomic E-state index is 12.8. The SMILES string of the molecule is OCc1c(F)cnc(I)c1C(F)F. The Morgan fingerprint density at radius 3 is 2.54 bits per heavy atom. The average Bonchev–Trinajstić information content (AvgIpc) is 2.07. The standard InChI is InChI=1S/C7H5F3INO/c8-4-1-12-7(11)5(6(9)10)3(4)2-13/h1,6,13H,2H2. The number of alkyl halides is 2. The van der Waals surface area contributed by atoms with Gasteiger partial charge in [-0.3, -0.25) is 0 Å². The Balaban J connectivity index is 3.35. The van der Waals surface area contributed by atoms with Crippen molar-refractivity contribution in [3.05, 3.63) is 26.8 Å². The number of aromatic nitrogens is 1. The monoisotopic (exact) mass is 303 g/mol. The van der Waals surface area contributed by atoms with Crippen molar-refractivity contribution in [2.75, 3.05) is 0 Å². The van der Waals surface area contributed by atoms with Crippen LogP contribution in [-0.2, 0) is 6.61 Å². The van der Waals surface area contributed by atoms with Gasteiger partial charge in [-0.25, -0.2) is 18.2 Å². The molecule has 0 atom stereocenters. The summed E-state index contributed by atoms with van der Waals surface area (Å²) in [6, 6.07) is 0. The van der Waals surface area contributed by atoms with Crippen molar-refractivity contribution < 1.29 is 18.3 Å². The van der Waals surface area contributed by atoms with Crippen molar-refractivity contribution in [1.82, 2.24) is 4.98 Å². The molecule has 1 aromatic rings. The summed E-state index contributed by atoms with van der Waals surface area (Å²) in [7, 11) is 0. The van der Waals surface area contributed by atoms with Crippen molar-refractivity contribution in [3.8, 4) is 0 Å². The van der Waals surface area contributed by atoms with Crippen LogP contribution in [0.4, 0.5) is 13.2 Å². The zero-order valence-electron chi connectivity index (χ0n) is 6.27. The second-order valence-electron chi connectivity index (χ2n) is 2.25. The molecule has 2 nitrogen and oxygen atoms in total. The van der Waals surface area contributed by atoms with Crippen LogP contribution in [0.15, 0.2) is 6.20 Å². The summed E-state index contributed by atoms with van der Waals surface area (Å²) in [6.07, 6.45) is -2.00. The lowest BCUT2D eigenvalue weighted by Gasteiger charge is -2.08. The minimum absolute atomic E-state index is 0.0121. The molecule has 0 fully saturated rings. The Labute approximate surface area is 85.9 Å². The third-order valence-electron chi connectivity index (χ3n) is 1.50. The van der Waals surface area contributed by atoms with Crippen molar-refractivity contribution >= 4 is 22.6 Å². The fraction of sp³-hybridized carbons (Fsp3) is 0.286. The number of pyridine rings is 1. The molecule has 1 heterocycles. The zero-order valence-corrected chi connectivity index (χ0v) is 8.43. The molecule has 0 radical (unpaired) electrons. The Hall–Kier alpha value is -0.370. The first-order valence-electron chi connectivity index (χ1n) is 3.29. The van der Waals surface area contributed by atoms with Gasteiger partial charge in [0.15, 0.2) is 0 Å². The van der Waals surface area contributed by atoms with Crippen LogP contribution in [0, 0.1) is 9.52 Å². The van der Waals surface area contributed by atoms with Gasteiger partial charge in [-0.2, -0.15) is 0 Å². The summed E-state index contributed by atoms with van der Waals surface area (Å²) in [6.45, 7) is -0.746. The highest BCUT2D eigenvalue weighted by atomic mass is 127. The molecule has 0 unspecified atom stereocenters. The van der Waals surface area contributed by atoms with Crippen LogP contribution in [0.5, 0.6) is 0 Å². The third kappa shape index (κ3) is 2.11. The molecule has 1 aromatic heterocycles. The number of halogens is 4. The van der Waals surface area contributed by atoms with Crippen LogP contribution in [0.25, 0.3) is 0 Å². The molecule has 0 amide bonds. The molecule has 0 spiro atoms. The normalized spacial score (nSPS) is 10.9. The van der Waals surface area contributed by atoms with Crippen LogP contribution in [0.2, 0.25) is 0 Å². The number of nitrogens with zero attached hydrogens (tertiary/aromatic N) is 1. The minimum Gasteiger partial charge on any atom is -0.392 e. The van der Waals surface area contributed by atoms with Gasteiger partial charge in [0.1, 0.15) is 9.52 Å². The summed E-state index contributed by atoms with van der Waals surface area (Å²) < 4.78 is 37.5. The predicted octanol–water partition coefficient (Wildman–Crippen LogP) is 2.26. The highest BCUT2D eigenvalue weighted by Gasteiger charge is 2.20. The number of aliphatic hydroxyl groups is 1. The van der Waals surface area contributed by atoms with Crippen molar-refractivity contribution in [1.29, 1.82) is 0 Å². The fourth-order valence-corrected chi connectivity index (χ4v) is 1.60. The number of aliphatic hydroxyl groups excluding tert-OH is 1. The second-order valence-corrected chi connectivity index (χ2v) is 3.27. The maximum absolute atomic E-state index is 12.8. The second kappa shape index (κ2) is 4.23. The van der Waals surface area contributed by atoms with E-state index in [4.69, 9.17) is 5.11 Å². The molecule has 72 valence electrons. The first-order valence-corrected chi connectivity index (χ1v) is 4.37. The highest BCUT2D eigenvalue weighted by Crippen LogP contribution is 2.28. The van der Waals surface area contributed by atoms with Gasteiger partial charge >= 0.3 is 0 Å². The van der Waals surface area contributed by atoms with E-state index >= 15 is 0 Å². The fourth-order valence-electron chi connectivity index (χ4n) is 0.896. The molecule has 0 saturated carbocycles. The van der Waals surface area contributed by atoms with E-state index in [-0.39, 0.29) is 9.26 Å². The molecule has 1 rings (SSSR count). The topological polar surface area (TPSA) is 33.1 Å². The van der Waals surface area contributed by atoms with Gasteiger partial charge in [-0.05, 0) is 22.6 Å². The van der Waals surface area contributed by atoms with E-state index in [1.807, 2.05) is 0 Å². The Morgan fingerprint density at radius 2 is 2.15 bits per heavy atom. The smallest absolute Gasteiger partial charge is 0.266 e. The van der Waals surface area contributed by atoms with E-state index in [0.29, 0.717) is 0 Å².